The number of nitrogens with zero attached hydrogens (tertiary/aromatic N) is 3. The lowest BCUT2D eigenvalue weighted by molar-refractivity contribution is 0.239. The summed E-state index contributed by atoms with van der Waals surface area (Å²) < 4.78 is 27.1. The van der Waals surface area contributed by atoms with Crippen LogP contribution in [0.4, 0.5) is 14.6 Å². The van der Waals surface area contributed by atoms with Gasteiger partial charge in [0.1, 0.15) is 5.82 Å². The fourth-order valence-electron chi connectivity index (χ4n) is 2.77. The molecule has 2 aromatic rings. The largest absolute Gasteiger partial charge is 0.382 e. The molecule has 1 aliphatic heterocycles. The molecule has 0 bridgehead atoms. The third-order valence-electron chi connectivity index (χ3n) is 3.82. The first-order chi connectivity index (χ1) is 10.1. The molecule has 2 heterocycles. The van der Waals surface area contributed by atoms with Crippen molar-refractivity contribution in [1.29, 1.82) is 0 Å². The molecule has 1 aromatic carbocycles. The van der Waals surface area contributed by atoms with Crippen molar-refractivity contribution in [3.05, 3.63) is 53.2 Å². The predicted octanol–water partition coefficient (Wildman–Crippen LogP) is 2.67. The first-order valence-corrected chi connectivity index (χ1v) is 6.91. The lowest BCUT2D eigenvalue weighted by Crippen LogP contribution is -2.24. The number of halogens is 2. The summed E-state index contributed by atoms with van der Waals surface area (Å²) in [6, 6.07) is 7.89. The number of hydrogen-bond acceptors (Lipinski definition) is 4. The Labute approximate surface area is 121 Å². The second kappa shape index (κ2) is 5.73. The van der Waals surface area contributed by atoms with Crippen LogP contribution in [-0.4, -0.2) is 21.6 Å². The van der Waals surface area contributed by atoms with Crippen molar-refractivity contribution in [1.82, 2.24) is 15.1 Å². The molecule has 1 aromatic heterocycles. The zero-order chi connectivity index (χ0) is 14.8. The number of nitrogen functional groups attached to an aromatic ring is 1. The molecule has 1 aliphatic rings. The number of aromatic nitrogens is 2. The maximum atomic E-state index is 13.8. The van der Waals surface area contributed by atoms with Gasteiger partial charge in [0.15, 0.2) is 11.6 Å². The minimum atomic E-state index is -0.810. The van der Waals surface area contributed by atoms with Crippen LogP contribution in [0.25, 0.3) is 0 Å². The van der Waals surface area contributed by atoms with E-state index in [1.165, 1.54) is 6.07 Å². The second-order valence-electron chi connectivity index (χ2n) is 5.22. The summed E-state index contributed by atoms with van der Waals surface area (Å²) in [5.74, 6) is -1.21. The van der Waals surface area contributed by atoms with E-state index in [0.717, 1.165) is 31.1 Å². The van der Waals surface area contributed by atoms with E-state index in [1.54, 1.807) is 12.1 Å². The SMILES string of the molecule is Nc1ccc(C2CCCN2Cc2cccc(F)c2F)nn1. The molecule has 3 rings (SSSR count). The Morgan fingerprint density at radius 3 is 2.81 bits per heavy atom. The molecule has 2 N–H and O–H groups in total. The third kappa shape index (κ3) is 2.85. The second-order valence-corrected chi connectivity index (χ2v) is 5.22. The number of anilines is 1. The first kappa shape index (κ1) is 13.9. The van der Waals surface area contributed by atoms with E-state index < -0.39 is 11.6 Å². The molecule has 0 amide bonds. The number of benzene rings is 1. The van der Waals surface area contributed by atoms with Crippen molar-refractivity contribution >= 4 is 5.82 Å². The highest BCUT2D eigenvalue weighted by Gasteiger charge is 2.28. The van der Waals surface area contributed by atoms with Gasteiger partial charge < -0.3 is 5.73 Å². The zero-order valence-electron chi connectivity index (χ0n) is 11.5. The molecule has 21 heavy (non-hydrogen) atoms. The van der Waals surface area contributed by atoms with Crippen molar-refractivity contribution in [2.75, 3.05) is 12.3 Å². The Hall–Kier alpha value is -2.08. The summed E-state index contributed by atoms with van der Waals surface area (Å²) in [7, 11) is 0. The predicted molar refractivity (Wildman–Crippen MR) is 75.2 cm³/mol. The van der Waals surface area contributed by atoms with Crippen LogP contribution in [0.2, 0.25) is 0 Å². The topological polar surface area (TPSA) is 55.0 Å². The summed E-state index contributed by atoms with van der Waals surface area (Å²) in [6.07, 6.45) is 1.92. The van der Waals surface area contributed by atoms with Crippen molar-refractivity contribution < 1.29 is 8.78 Å². The van der Waals surface area contributed by atoms with Gasteiger partial charge in [-0.2, -0.15) is 5.10 Å². The molecule has 0 radical (unpaired) electrons. The maximum absolute atomic E-state index is 13.8. The maximum Gasteiger partial charge on any atom is 0.163 e. The van der Waals surface area contributed by atoms with E-state index in [0.29, 0.717) is 17.9 Å². The highest BCUT2D eigenvalue weighted by Crippen LogP contribution is 2.32. The van der Waals surface area contributed by atoms with Gasteiger partial charge in [-0.3, -0.25) is 4.90 Å². The summed E-state index contributed by atoms with van der Waals surface area (Å²) in [5, 5.41) is 7.97. The molecule has 1 fully saturated rings. The average Bonchev–Trinajstić information content (AvgIpc) is 2.93. The van der Waals surface area contributed by atoms with Gasteiger partial charge in [0.2, 0.25) is 0 Å². The molecule has 110 valence electrons. The average molecular weight is 290 g/mol. The molecule has 1 atom stereocenters. The standard InChI is InChI=1S/C15H16F2N4/c16-11-4-1-3-10(15(11)17)9-21-8-2-5-13(21)12-6-7-14(18)20-19-12/h1,3-4,6-7,13H,2,5,8-9H2,(H2,18,20). The van der Waals surface area contributed by atoms with Crippen molar-refractivity contribution in [3.63, 3.8) is 0 Å². The third-order valence-corrected chi connectivity index (χ3v) is 3.82. The van der Waals surface area contributed by atoms with Crippen LogP contribution >= 0.6 is 0 Å². The molecule has 1 saturated heterocycles. The van der Waals surface area contributed by atoms with Gasteiger partial charge in [-0.15, -0.1) is 5.10 Å². The summed E-state index contributed by atoms with van der Waals surface area (Å²) in [6.45, 7) is 1.19. The fraction of sp³-hybridized carbons (Fsp3) is 0.333. The highest BCUT2D eigenvalue weighted by atomic mass is 19.2. The number of hydrogen-bond donors (Lipinski definition) is 1. The van der Waals surface area contributed by atoms with Gasteiger partial charge in [-0.1, -0.05) is 12.1 Å². The van der Waals surface area contributed by atoms with E-state index in [2.05, 4.69) is 15.1 Å². The quantitative estimate of drug-likeness (QED) is 0.944. The minimum Gasteiger partial charge on any atom is -0.382 e. The Bertz CT molecular complexity index is 630. The molecule has 0 aliphatic carbocycles. The zero-order valence-corrected chi connectivity index (χ0v) is 11.5. The van der Waals surface area contributed by atoms with E-state index in [9.17, 15) is 8.78 Å². The fourth-order valence-corrected chi connectivity index (χ4v) is 2.77. The van der Waals surface area contributed by atoms with Crippen LogP contribution in [0, 0.1) is 11.6 Å². The van der Waals surface area contributed by atoms with Crippen LogP contribution in [-0.2, 0) is 6.54 Å². The monoisotopic (exact) mass is 290 g/mol. The summed E-state index contributed by atoms with van der Waals surface area (Å²) in [5.41, 5.74) is 6.73. The van der Waals surface area contributed by atoms with Crippen molar-refractivity contribution in [2.24, 2.45) is 0 Å². The highest BCUT2D eigenvalue weighted by molar-refractivity contribution is 5.27. The van der Waals surface area contributed by atoms with Crippen molar-refractivity contribution in [2.45, 2.75) is 25.4 Å². The van der Waals surface area contributed by atoms with Crippen LogP contribution in [0.15, 0.2) is 30.3 Å². The van der Waals surface area contributed by atoms with E-state index in [4.69, 9.17) is 5.73 Å². The van der Waals surface area contributed by atoms with Crippen LogP contribution in [0.5, 0.6) is 0 Å². The van der Waals surface area contributed by atoms with Crippen molar-refractivity contribution in [3.8, 4) is 0 Å². The normalized spacial score (nSPS) is 19.0. The van der Waals surface area contributed by atoms with Gasteiger partial charge in [-0.25, -0.2) is 8.78 Å². The molecular formula is C15H16F2N4. The van der Waals surface area contributed by atoms with Gasteiger partial charge >= 0.3 is 0 Å². The van der Waals surface area contributed by atoms with Crippen LogP contribution < -0.4 is 5.73 Å². The Morgan fingerprint density at radius 2 is 2.05 bits per heavy atom. The molecule has 4 nitrogen and oxygen atoms in total. The van der Waals surface area contributed by atoms with Crippen LogP contribution in [0.3, 0.4) is 0 Å². The Balaban J connectivity index is 1.81. The van der Waals surface area contributed by atoms with Gasteiger partial charge in [0.25, 0.3) is 0 Å². The molecule has 0 saturated carbocycles. The smallest absolute Gasteiger partial charge is 0.163 e. The summed E-state index contributed by atoms with van der Waals surface area (Å²) in [4.78, 5) is 2.10. The number of nitrogens with two attached hydrogens (primary N) is 1. The molecule has 1 unspecified atom stereocenters. The number of rotatable bonds is 3. The van der Waals surface area contributed by atoms with E-state index >= 15 is 0 Å². The molecule has 0 spiro atoms. The molecular weight excluding hydrogens is 274 g/mol. The first-order valence-electron chi connectivity index (χ1n) is 6.91. The molecule has 6 heteroatoms. The lowest BCUT2D eigenvalue weighted by Gasteiger charge is -2.24. The summed E-state index contributed by atoms with van der Waals surface area (Å²) >= 11 is 0. The van der Waals surface area contributed by atoms with Gasteiger partial charge in [0, 0.05) is 12.1 Å². The Morgan fingerprint density at radius 1 is 1.19 bits per heavy atom. The number of likely N-dealkylation sites (tertiary alicyclic amines) is 1. The van der Waals surface area contributed by atoms with Crippen LogP contribution in [0.1, 0.15) is 30.1 Å². The van der Waals surface area contributed by atoms with Gasteiger partial charge in [0.05, 0.1) is 11.7 Å². The van der Waals surface area contributed by atoms with E-state index in [-0.39, 0.29) is 6.04 Å². The van der Waals surface area contributed by atoms with E-state index in [1.807, 2.05) is 6.07 Å². The minimum absolute atomic E-state index is 0.0702. The van der Waals surface area contributed by atoms with Gasteiger partial charge in [-0.05, 0) is 37.6 Å². The Kier molecular flexibility index (Phi) is 3.79. The lowest BCUT2D eigenvalue weighted by atomic mass is 10.1.